The van der Waals surface area contributed by atoms with Crippen LogP contribution in [-0.2, 0) is 16.0 Å². The summed E-state index contributed by atoms with van der Waals surface area (Å²) in [6.45, 7) is 4.00. The Labute approximate surface area is 148 Å². The Morgan fingerprint density at radius 2 is 2.16 bits per heavy atom. The lowest BCUT2D eigenvalue weighted by molar-refractivity contribution is -0.137. The number of carbonyl (C=O) groups is 2. The minimum absolute atomic E-state index is 0.146. The van der Waals surface area contributed by atoms with Crippen molar-refractivity contribution in [1.29, 1.82) is 0 Å². The Bertz CT molecular complexity index is 615. The molecular weight excluding hydrogens is 322 g/mol. The molecule has 2 aliphatic rings. The van der Waals surface area contributed by atoms with E-state index in [0.29, 0.717) is 36.4 Å². The van der Waals surface area contributed by atoms with E-state index in [2.05, 4.69) is 5.16 Å². The molecule has 0 saturated carbocycles. The van der Waals surface area contributed by atoms with Gasteiger partial charge in [-0.15, -0.1) is 0 Å². The Morgan fingerprint density at radius 1 is 1.32 bits per heavy atom. The maximum absolute atomic E-state index is 12.6. The van der Waals surface area contributed by atoms with Gasteiger partial charge in [0.15, 0.2) is 0 Å². The fourth-order valence-electron chi connectivity index (χ4n) is 4.08. The third kappa shape index (κ3) is 4.14. The predicted molar refractivity (Wildman–Crippen MR) is 91.1 cm³/mol. The van der Waals surface area contributed by atoms with Crippen LogP contribution in [0.2, 0.25) is 0 Å². The highest BCUT2D eigenvalue weighted by Crippen LogP contribution is 2.30. The monoisotopic (exact) mass is 349 g/mol. The number of carbonyl (C=O) groups excluding carboxylic acids is 2. The standard InChI is InChI=1S/C18H27N3O4/c1-13(22)21-9-4-3-5-14-12-20(10-8-16(14)21)18(23)7-6-15-11-17(24-2)19-25-15/h11,14,16H,3-10,12H2,1-2H3/t14-,16+/m0/s1. The Morgan fingerprint density at radius 3 is 2.88 bits per heavy atom. The van der Waals surface area contributed by atoms with E-state index in [1.165, 1.54) is 7.11 Å². The molecule has 25 heavy (non-hydrogen) atoms. The molecule has 1 aromatic heterocycles. The van der Waals surface area contributed by atoms with E-state index in [0.717, 1.165) is 45.3 Å². The molecule has 2 aliphatic heterocycles. The molecule has 1 aromatic rings. The van der Waals surface area contributed by atoms with Gasteiger partial charge in [-0.1, -0.05) is 6.42 Å². The van der Waals surface area contributed by atoms with Crippen LogP contribution in [0.4, 0.5) is 0 Å². The van der Waals surface area contributed by atoms with Gasteiger partial charge in [0.1, 0.15) is 5.76 Å². The molecule has 0 unspecified atom stereocenters. The zero-order chi connectivity index (χ0) is 17.8. The summed E-state index contributed by atoms with van der Waals surface area (Å²) < 4.78 is 10.1. The molecule has 0 bridgehead atoms. The fraction of sp³-hybridized carbons (Fsp3) is 0.722. The number of nitrogens with zero attached hydrogens (tertiary/aromatic N) is 3. The fourth-order valence-corrected chi connectivity index (χ4v) is 4.08. The van der Waals surface area contributed by atoms with Crippen molar-refractivity contribution in [2.24, 2.45) is 5.92 Å². The number of likely N-dealkylation sites (tertiary alicyclic amines) is 2. The number of hydrogen-bond acceptors (Lipinski definition) is 5. The van der Waals surface area contributed by atoms with E-state index in [9.17, 15) is 9.59 Å². The number of ether oxygens (including phenoxy) is 1. The van der Waals surface area contributed by atoms with E-state index in [-0.39, 0.29) is 11.8 Å². The molecule has 2 amide bonds. The summed E-state index contributed by atoms with van der Waals surface area (Å²) in [6.07, 6.45) is 5.11. The van der Waals surface area contributed by atoms with E-state index in [1.807, 2.05) is 9.80 Å². The molecular formula is C18H27N3O4. The predicted octanol–water partition coefficient (Wildman–Crippen LogP) is 1.87. The van der Waals surface area contributed by atoms with Crippen LogP contribution >= 0.6 is 0 Å². The first-order chi connectivity index (χ1) is 12.1. The van der Waals surface area contributed by atoms with Crippen molar-refractivity contribution in [2.45, 2.75) is 51.5 Å². The van der Waals surface area contributed by atoms with E-state index < -0.39 is 0 Å². The first kappa shape index (κ1) is 17.8. The van der Waals surface area contributed by atoms with Crippen LogP contribution in [0.5, 0.6) is 5.88 Å². The summed E-state index contributed by atoms with van der Waals surface area (Å²) in [6, 6.07) is 2.01. The van der Waals surface area contributed by atoms with Crippen LogP contribution in [0.25, 0.3) is 0 Å². The van der Waals surface area contributed by atoms with Crippen LogP contribution in [-0.4, -0.2) is 59.6 Å². The van der Waals surface area contributed by atoms with Gasteiger partial charge in [-0.05, 0) is 30.3 Å². The van der Waals surface area contributed by atoms with Crippen molar-refractivity contribution in [3.8, 4) is 5.88 Å². The van der Waals surface area contributed by atoms with Crippen LogP contribution < -0.4 is 4.74 Å². The van der Waals surface area contributed by atoms with Gasteiger partial charge >= 0.3 is 0 Å². The maximum Gasteiger partial charge on any atom is 0.254 e. The average Bonchev–Trinajstić information content (AvgIpc) is 2.97. The molecule has 7 heteroatoms. The molecule has 3 heterocycles. The highest BCUT2D eigenvalue weighted by Gasteiger charge is 2.36. The average molecular weight is 349 g/mol. The number of hydrogen-bond donors (Lipinski definition) is 0. The van der Waals surface area contributed by atoms with Gasteiger partial charge in [-0.3, -0.25) is 9.59 Å². The van der Waals surface area contributed by atoms with Crippen LogP contribution in [0, 0.1) is 5.92 Å². The van der Waals surface area contributed by atoms with Gasteiger partial charge < -0.3 is 19.1 Å². The number of methoxy groups -OCH3 is 1. The molecule has 2 atom stereocenters. The van der Waals surface area contributed by atoms with Crippen molar-refractivity contribution in [1.82, 2.24) is 15.0 Å². The summed E-state index contributed by atoms with van der Waals surface area (Å²) >= 11 is 0. The summed E-state index contributed by atoms with van der Waals surface area (Å²) in [5.41, 5.74) is 0. The van der Waals surface area contributed by atoms with Crippen LogP contribution in [0.1, 0.15) is 44.8 Å². The lowest BCUT2D eigenvalue weighted by atomic mass is 9.88. The van der Waals surface area contributed by atoms with E-state index >= 15 is 0 Å². The zero-order valence-corrected chi connectivity index (χ0v) is 15.1. The molecule has 0 aliphatic carbocycles. The number of aryl methyl sites for hydroxylation is 1. The molecule has 7 nitrogen and oxygen atoms in total. The minimum atomic E-state index is 0.146. The van der Waals surface area contributed by atoms with Crippen molar-refractivity contribution < 1.29 is 18.8 Å². The highest BCUT2D eigenvalue weighted by molar-refractivity contribution is 5.77. The highest BCUT2D eigenvalue weighted by atomic mass is 16.5. The topological polar surface area (TPSA) is 75.9 Å². The second-order valence-corrected chi connectivity index (χ2v) is 7.00. The van der Waals surface area contributed by atoms with Gasteiger partial charge in [-0.25, -0.2) is 0 Å². The number of aromatic nitrogens is 1. The number of piperidine rings is 1. The van der Waals surface area contributed by atoms with E-state index in [4.69, 9.17) is 9.26 Å². The Kier molecular flexibility index (Phi) is 5.60. The van der Waals surface area contributed by atoms with Gasteiger partial charge in [-0.2, -0.15) is 0 Å². The third-order valence-electron chi connectivity index (χ3n) is 5.41. The molecule has 3 rings (SSSR count). The Hall–Kier alpha value is -2.05. The van der Waals surface area contributed by atoms with Crippen LogP contribution in [0.3, 0.4) is 0 Å². The summed E-state index contributed by atoms with van der Waals surface area (Å²) in [7, 11) is 1.54. The molecule has 138 valence electrons. The molecule has 2 fully saturated rings. The van der Waals surface area contributed by atoms with Gasteiger partial charge in [0.05, 0.1) is 7.11 Å². The van der Waals surface area contributed by atoms with E-state index in [1.54, 1.807) is 13.0 Å². The molecule has 0 N–H and O–H groups in total. The summed E-state index contributed by atoms with van der Waals surface area (Å²) in [4.78, 5) is 28.5. The number of fused-ring (bicyclic) bond motifs is 1. The van der Waals surface area contributed by atoms with Crippen molar-refractivity contribution in [2.75, 3.05) is 26.7 Å². The Balaban J connectivity index is 1.55. The zero-order valence-electron chi connectivity index (χ0n) is 15.1. The molecule has 0 radical (unpaired) electrons. The second kappa shape index (κ2) is 7.89. The van der Waals surface area contributed by atoms with Gasteiger partial charge in [0.2, 0.25) is 11.8 Å². The molecule has 2 saturated heterocycles. The SMILES string of the molecule is COc1cc(CCC(=O)N2CC[C@@H]3[C@@H](CCCCN3C(C)=O)C2)on1. The van der Waals surface area contributed by atoms with Crippen LogP contribution in [0.15, 0.2) is 10.6 Å². The summed E-state index contributed by atoms with van der Waals surface area (Å²) in [5.74, 6) is 1.81. The summed E-state index contributed by atoms with van der Waals surface area (Å²) in [5, 5.41) is 3.75. The van der Waals surface area contributed by atoms with Crippen molar-refractivity contribution in [3.05, 3.63) is 11.8 Å². The quantitative estimate of drug-likeness (QED) is 0.829. The minimum Gasteiger partial charge on any atom is -0.479 e. The largest absolute Gasteiger partial charge is 0.479 e. The van der Waals surface area contributed by atoms with Gasteiger partial charge in [0, 0.05) is 51.5 Å². The van der Waals surface area contributed by atoms with Crippen molar-refractivity contribution in [3.63, 3.8) is 0 Å². The number of amides is 2. The lowest BCUT2D eigenvalue weighted by Gasteiger charge is -2.42. The third-order valence-corrected chi connectivity index (χ3v) is 5.41. The molecule has 0 spiro atoms. The normalized spacial score (nSPS) is 23.8. The molecule has 0 aromatic carbocycles. The lowest BCUT2D eigenvalue weighted by Crippen LogP contribution is -2.53. The van der Waals surface area contributed by atoms with Crippen molar-refractivity contribution >= 4 is 11.8 Å². The smallest absolute Gasteiger partial charge is 0.254 e. The first-order valence-corrected chi connectivity index (χ1v) is 9.13. The maximum atomic E-state index is 12.6. The number of rotatable bonds is 4. The van der Waals surface area contributed by atoms with Gasteiger partial charge in [0.25, 0.3) is 5.88 Å². The second-order valence-electron chi connectivity index (χ2n) is 7.00. The first-order valence-electron chi connectivity index (χ1n) is 9.13.